The highest BCUT2D eigenvalue weighted by molar-refractivity contribution is 6.17. The number of rotatable bonds is 4. The quantitative estimate of drug-likeness (QED) is 0.166. The second-order valence-corrected chi connectivity index (χ2v) is 16.7. The third-order valence-corrected chi connectivity index (χ3v) is 12.7. The number of anilines is 3. The third kappa shape index (κ3) is 4.64. The maximum absolute atomic E-state index is 2.61. The number of hydrogen-bond acceptors (Lipinski definition) is 1. The van der Waals surface area contributed by atoms with Gasteiger partial charge in [0.2, 0.25) is 0 Å². The van der Waals surface area contributed by atoms with E-state index in [1.807, 2.05) is 0 Å². The summed E-state index contributed by atoms with van der Waals surface area (Å²) in [4.78, 5) is 2.49. The Morgan fingerprint density at radius 2 is 0.926 bits per heavy atom. The van der Waals surface area contributed by atoms with Crippen LogP contribution in [0.4, 0.5) is 17.1 Å². The Hall–Kier alpha value is -5.92. The van der Waals surface area contributed by atoms with Crippen molar-refractivity contribution in [3.63, 3.8) is 0 Å². The van der Waals surface area contributed by atoms with Crippen LogP contribution in [0.1, 0.15) is 83.7 Å². The van der Waals surface area contributed by atoms with Crippen molar-refractivity contribution in [2.24, 2.45) is 0 Å². The SMILES string of the molecule is Cc1cccc(N(c2cccc(C)c2)c2c3ccccc3c(C3c4ccccc4C(C)(C)c4cc5c(cc43)C(C)(C)c3ccccc3-5)c3ccccc23)c1. The topological polar surface area (TPSA) is 3.24 Å². The molecular weight excluding hydrogens is 651 g/mol. The maximum atomic E-state index is 2.61. The highest BCUT2D eigenvalue weighted by Crippen LogP contribution is 2.58. The van der Waals surface area contributed by atoms with Gasteiger partial charge in [0.1, 0.15) is 0 Å². The van der Waals surface area contributed by atoms with E-state index in [4.69, 9.17) is 0 Å². The molecule has 8 aromatic carbocycles. The van der Waals surface area contributed by atoms with Crippen LogP contribution in [0.5, 0.6) is 0 Å². The van der Waals surface area contributed by atoms with E-state index in [-0.39, 0.29) is 16.7 Å². The fraction of sp³-hybridized carbons (Fsp3) is 0.170. The predicted molar refractivity (Wildman–Crippen MR) is 229 cm³/mol. The van der Waals surface area contributed by atoms with Gasteiger partial charge in [-0.3, -0.25) is 0 Å². The summed E-state index contributed by atoms with van der Waals surface area (Å²) in [5, 5.41) is 5.11. The summed E-state index contributed by atoms with van der Waals surface area (Å²) in [5.41, 5.74) is 18.4. The normalized spacial score (nSPS) is 16.1. The van der Waals surface area contributed by atoms with Crippen LogP contribution in [-0.2, 0) is 10.8 Å². The minimum absolute atomic E-state index is 0.0456. The van der Waals surface area contributed by atoms with Crippen LogP contribution in [0.2, 0.25) is 0 Å². The molecule has 54 heavy (non-hydrogen) atoms. The van der Waals surface area contributed by atoms with Gasteiger partial charge in [-0.25, -0.2) is 0 Å². The molecule has 1 unspecified atom stereocenters. The van der Waals surface area contributed by atoms with Gasteiger partial charge in [-0.2, -0.15) is 0 Å². The van der Waals surface area contributed by atoms with Crippen LogP contribution in [0.15, 0.2) is 158 Å². The van der Waals surface area contributed by atoms with E-state index in [1.165, 1.54) is 88.4 Å². The van der Waals surface area contributed by atoms with Crippen LogP contribution in [0, 0.1) is 13.8 Å². The van der Waals surface area contributed by atoms with Gasteiger partial charge < -0.3 is 4.90 Å². The van der Waals surface area contributed by atoms with Crippen molar-refractivity contribution in [3.8, 4) is 11.1 Å². The molecule has 0 bridgehead atoms. The number of aryl methyl sites for hydroxylation is 2. The first-order valence-corrected chi connectivity index (χ1v) is 19.4. The third-order valence-electron chi connectivity index (χ3n) is 12.7. The molecule has 0 N–H and O–H groups in total. The van der Waals surface area contributed by atoms with Crippen molar-refractivity contribution in [2.45, 2.75) is 58.3 Å². The summed E-state index contributed by atoms with van der Waals surface area (Å²) in [6, 6.07) is 59.7. The molecule has 1 atom stereocenters. The summed E-state index contributed by atoms with van der Waals surface area (Å²) < 4.78 is 0. The lowest BCUT2D eigenvalue weighted by Crippen LogP contribution is -2.30. The Morgan fingerprint density at radius 3 is 1.54 bits per heavy atom. The zero-order chi connectivity index (χ0) is 36.9. The Balaban J connectivity index is 1.33. The van der Waals surface area contributed by atoms with Crippen molar-refractivity contribution in [1.82, 2.24) is 0 Å². The molecule has 0 saturated heterocycles. The lowest BCUT2D eigenvalue weighted by Gasteiger charge is -2.41. The van der Waals surface area contributed by atoms with E-state index in [1.54, 1.807) is 0 Å². The number of hydrogen-bond donors (Lipinski definition) is 0. The Labute approximate surface area is 319 Å². The van der Waals surface area contributed by atoms with Gasteiger partial charge in [-0.05, 0) is 116 Å². The van der Waals surface area contributed by atoms with Crippen molar-refractivity contribution in [3.05, 3.63) is 208 Å². The van der Waals surface area contributed by atoms with Gasteiger partial charge in [0, 0.05) is 38.9 Å². The molecule has 0 heterocycles. The lowest BCUT2D eigenvalue weighted by atomic mass is 9.62. The molecule has 10 rings (SSSR count). The maximum Gasteiger partial charge on any atom is 0.0618 e. The monoisotopic (exact) mass is 695 g/mol. The van der Waals surface area contributed by atoms with Gasteiger partial charge >= 0.3 is 0 Å². The van der Waals surface area contributed by atoms with E-state index >= 15 is 0 Å². The van der Waals surface area contributed by atoms with E-state index in [9.17, 15) is 0 Å². The average Bonchev–Trinajstić information content (AvgIpc) is 3.40. The zero-order valence-electron chi connectivity index (χ0n) is 32.0. The predicted octanol–water partition coefficient (Wildman–Crippen LogP) is 14.2. The summed E-state index contributed by atoms with van der Waals surface area (Å²) >= 11 is 0. The molecule has 0 saturated carbocycles. The van der Waals surface area contributed by atoms with Gasteiger partial charge in [0.25, 0.3) is 0 Å². The molecule has 2 aliphatic rings. The van der Waals surface area contributed by atoms with Crippen molar-refractivity contribution in [2.75, 3.05) is 4.90 Å². The van der Waals surface area contributed by atoms with Crippen LogP contribution in [0.3, 0.4) is 0 Å². The zero-order valence-corrected chi connectivity index (χ0v) is 32.0. The molecular formula is C53H45N. The molecule has 0 spiro atoms. The Morgan fingerprint density at radius 1 is 0.407 bits per heavy atom. The second-order valence-electron chi connectivity index (χ2n) is 16.7. The number of nitrogens with zero attached hydrogens (tertiary/aromatic N) is 1. The fourth-order valence-corrected chi connectivity index (χ4v) is 10.1. The summed E-state index contributed by atoms with van der Waals surface area (Å²) in [7, 11) is 0. The minimum atomic E-state index is -0.169. The first-order chi connectivity index (χ1) is 26.1. The highest BCUT2D eigenvalue weighted by Gasteiger charge is 2.43. The number of fused-ring (bicyclic) bond motifs is 7. The van der Waals surface area contributed by atoms with Crippen molar-refractivity contribution < 1.29 is 0 Å². The highest BCUT2D eigenvalue weighted by atomic mass is 15.1. The Kier molecular flexibility index (Phi) is 7.14. The summed E-state index contributed by atoms with van der Waals surface area (Å²) in [5.74, 6) is 0.0456. The van der Waals surface area contributed by atoms with Gasteiger partial charge in [-0.15, -0.1) is 0 Å². The van der Waals surface area contributed by atoms with E-state index in [0.29, 0.717) is 0 Å². The molecule has 0 amide bonds. The van der Waals surface area contributed by atoms with Gasteiger partial charge in [-0.1, -0.05) is 155 Å². The molecule has 0 radical (unpaired) electrons. The molecule has 0 aliphatic heterocycles. The molecule has 0 fully saturated rings. The smallest absolute Gasteiger partial charge is 0.0618 e. The summed E-state index contributed by atoms with van der Waals surface area (Å²) in [6.07, 6.45) is 0. The van der Waals surface area contributed by atoms with Crippen molar-refractivity contribution in [1.29, 1.82) is 0 Å². The lowest BCUT2D eigenvalue weighted by molar-refractivity contribution is 0.595. The minimum Gasteiger partial charge on any atom is -0.309 e. The van der Waals surface area contributed by atoms with Crippen molar-refractivity contribution >= 4 is 38.6 Å². The first kappa shape index (κ1) is 32.7. The number of benzene rings is 8. The molecule has 8 aromatic rings. The van der Waals surface area contributed by atoms with Crippen LogP contribution in [0.25, 0.3) is 32.7 Å². The first-order valence-electron chi connectivity index (χ1n) is 19.4. The standard InChI is InChI=1S/C53H45N/c1-33-17-15-19-35(29-33)54(36-20-16-18-34(2)30-36)51-40-24-9-7-22-38(40)49(39-23-8-10-25-41(39)51)50-42-26-12-14-28-46(42)53(5,6)48-31-43-37-21-11-13-27-45(37)52(3,4)47(43)32-44(48)50/h7-32,50H,1-6H3. The van der Waals surface area contributed by atoms with E-state index in [2.05, 4.69) is 204 Å². The van der Waals surface area contributed by atoms with E-state index in [0.717, 1.165) is 11.4 Å². The molecule has 1 nitrogen and oxygen atoms in total. The van der Waals surface area contributed by atoms with Crippen LogP contribution < -0.4 is 4.90 Å². The Bertz CT molecular complexity index is 2710. The molecule has 0 aromatic heterocycles. The van der Waals surface area contributed by atoms with Crippen LogP contribution >= 0.6 is 0 Å². The second kappa shape index (κ2) is 11.8. The summed E-state index contributed by atoms with van der Waals surface area (Å²) in [6.45, 7) is 14.1. The fourth-order valence-electron chi connectivity index (χ4n) is 10.1. The molecule has 2 aliphatic carbocycles. The largest absolute Gasteiger partial charge is 0.309 e. The molecule has 1 heteroatoms. The van der Waals surface area contributed by atoms with Gasteiger partial charge in [0.15, 0.2) is 0 Å². The molecule has 262 valence electrons. The average molecular weight is 696 g/mol. The van der Waals surface area contributed by atoms with Gasteiger partial charge in [0.05, 0.1) is 5.69 Å². The van der Waals surface area contributed by atoms with E-state index < -0.39 is 0 Å². The van der Waals surface area contributed by atoms with Crippen LogP contribution in [-0.4, -0.2) is 0 Å².